The number of carbonyl (C=O) groups excluding carboxylic acids is 1. The van der Waals surface area contributed by atoms with Gasteiger partial charge in [0.15, 0.2) is 0 Å². The first-order valence-corrected chi connectivity index (χ1v) is 3.64. The average Bonchev–Trinajstić information content (AvgIpc) is 1.89. The zero-order valence-corrected chi connectivity index (χ0v) is 8.05. The van der Waals surface area contributed by atoms with Gasteiger partial charge in [-0.25, -0.2) is 4.79 Å². The Kier molecular flexibility index (Phi) is 11.8. The Bertz CT molecular complexity index is 121. The Morgan fingerprint density at radius 2 is 2.09 bits per heavy atom. The van der Waals surface area contributed by atoms with Gasteiger partial charge in [-0.1, -0.05) is 19.4 Å². The van der Waals surface area contributed by atoms with Gasteiger partial charge in [0.05, 0.1) is 6.61 Å². The van der Waals surface area contributed by atoms with Crippen molar-refractivity contribution in [1.29, 1.82) is 0 Å². The van der Waals surface area contributed by atoms with Crippen LogP contribution in [0.1, 0.15) is 26.7 Å². The molecular formula is C8H14FeO2. The summed E-state index contributed by atoms with van der Waals surface area (Å²) in [4.78, 5) is 10.6. The number of ether oxygens (including phenoxy) is 1. The first-order chi connectivity index (χ1) is 4.81. The number of unbranched alkanes of at least 4 members (excludes halogenated alkanes) is 1. The molecule has 0 aromatic rings. The topological polar surface area (TPSA) is 26.3 Å². The number of carbonyl (C=O) groups is 1. The third kappa shape index (κ3) is 9.73. The van der Waals surface area contributed by atoms with Crippen LogP contribution in [0.3, 0.4) is 0 Å². The Hall–Kier alpha value is -0.271. The zero-order chi connectivity index (χ0) is 7.82. The minimum Gasteiger partial charge on any atom is -0.463 e. The van der Waals surface area contributed by atoms with Crippen LogP contribution < -0.4 is 0 Å². The summed E-state index contributed by atoms with van der Waals surface area (Å²) in [7, 11) is 0. The monoisotopic (exact) mass is 198 g/mol. The van der Waals surface area contributed by atoms with Crippen LogP contribution in [0.5, 0.6) is 0 Å². The van der Waals surface area contributed by atoms with E-state index in [-0.39, 0.29) is 23.0 Å². The maximum Gasteiger partial charge on any atom is 0.330 e. The van der Waals surface area contributed by atoms with Gasteiger partial charge in [-0.15, -0.1) is 0 Å². The molecule has 0 atom stereocenters. The number of esters is 1. The summed E-state index contributed by atoms with van der Waals surface area (Å²) in [6.07, 6.45) is 5.32. The maximum atomic E-state index is 10.6. The third-order valence-electron chi connectivity index (χ3n) is 0.996. The van der Waals surface area contributed by atoms with Gasteiger partial charge in [0.25, 0.3) is 0 Å². The molecule has 0 aromatic heterocycles. The zero-order valence-electron chi connectivity index (χ0n) is 6.95. The second kappa shape index (κ2) is 9.73. The Morgan fingerprint density at radius 3 is 2.55 bits per heavy atom. The van der Waals surface area contributed by atoms with Gasteiger partial charge in [0.1, 0.15) is 0 Å². The fraction of sp³-hybridized carbons (Fsp3) is 0.625. The van der Waals surface area contributed by atoms with Gasteiger partial charge in [-0.3, -0.25) is 0 Å². The van der Waals surface area contributed by atoms with Crippen molar-refractivity contribution in [3.05, 3.63) is 12.2 Å². The summed E-state index contributed by atoms with van der Waals surface area (Å²) in [6, 6.07) is 0. The molecule has 3 heteroatoms. The molecule has 0 aliphatic carbocycles. The van der Waals surface area contributed by atoms with Crippen molar-refractivity contribution >= 4 is 5.97 Å². The van der Waals surface area contributed by atoms with Crippen LogP contribution in [0.25, 0.3) is 0 Å². The van der Waals surface area contributed by atoms with Gasteiger partial charge in [0.2, 0.25) is 0 Å². The quantitative estimate of drug-likeness (QED) is 0.391. The van der Waals surface area contributed by atoms with Crippen molar-refractivity contribution in [2.24, 2.45) is 0 Å². The summed E-state index contributed by atoms with van der Waals surface area (Å²) >= 11 is 0. The number of allylic oxidation sites excluding steroid dienone is 1. The minimum atomic E-state index is -0.240. The van der Waals surface area contributed by atoms with Gasteiger partial charge in [-0.05, 0) is 13.3 Å². The standard InChI is InChI=1S/C8H14O2.Fe/c1-3-5-6-7-8(9)10-4-2;/h6-7H,3-5H2,1-2H3;. The van der Waals surface area contributed by atoms with Crippen molar-refractivity contribution in [3.63, 3.8) is 0 Å². The van der Waals surface area contributed by atoms with E-state index in [1.165, 1.54) is 6.08 Å². The van der Waals surface area contributed by atoms with Crippen LogP contribution in [-0.4, -0.2) is 12.6 Å². The normalized spacial score (nSPS) is 9.27. The molecular weight excluding hydrogens is 184 g/mol. The molecule has 0 aliphatic heterocycles. The molecule has 0 aliphatic rings. The number of rotatable bonds is 4. The van der Waals surface area contributed by atoms with E-state index in [9.17, 15) is 4.79 Å². The molecule has 0 amide bonds. The molecule has 0 radical (unpaired) electrons. The summed E-state index contributed by atoms with van der Waals surface area (Å²) in [6.45, 7) is 4.32. The molecule has 0 rings (SSSR count). The van der Waals surface area contributed by atoms with E-state index >= 15 is 0 Å². The van der Waals surface area contributed by atoms with E-state index in [1.54, 1.807) is 6.92 Å². The molecule has 0 saturated carbocycles. The smallest absolute Gasteiger partial charge is 0.330 e. The van der Waals surface area contributed by atoms with E-state index in [0.717, 1.165) is 12.8 Å². The molecule has 0 unspecified atom stereocenters. The molecule has 0 saturated heterocycles. The first-order valence-electron chi connectivity index (χ1n) is 3.64. The number of hydrogen-bond acceptors (Lipinski definition) is 2. The average molecular weight is 198 g/mol. The number of hydrogen-bond donors (Lipinski definition) is 0. The van der Waals surface area contributed by atoms with Crippen LogP contribution in [0.2, 0.25) is 0 Å². The van der Waals surface area contributed by atoms with E-state index in [4.69, 9.17) is 0 Å². The van der Waals surface area contributed by atoms with Crippen molar-refractivity contribution in [1.82, 2.24) is 0 Å². The predicted octanol–water partition coefficient (Wildman–Crippen LogP) is 1.90. The van der Waals surface area contributed by atoms with Crippen molar-refractivity contribution in [2.75, 3.05) is 6.61 Å². The minimum absolute atomic E-state index is 0. The Morgan fingerprint density at radius 1 is 1.45 bits per heavy atom. The van der Waals surface area contributed by atoms with E-state index in [0.29, 0.717) is 6.61 Å². The van der Waals surface area contributed by atoms with Gasteiger partial charge in [0, 0.05) is 23.1 Å². The SMILES string of the molecule is CCCC=CC(=O)OCC.[Fe]. The molecule has 0 N–H and O–H groups in total. The van der Waals surface area contributed by atoms with E-state index in [1.807, 2.05) is 6.08 Å². The molecule has 2 nitrogen and oxygen atoms in total. The van der Waals surface area contributed by atoms with Gasteiger partial charge >= 0.3 is 5.97 Å². The van der Waals surface area contributed by atoms with Crippen LogP contribution >= 0.6 is 0 Å². The second-order valence-corrected chi connectivity index (χ2v) is 1.94. The summed E-state index contributed by atoms with van der Waals surface area (Å²) in [5.41, 5.74) is 0. The summed E-state index contributed by atoms with van der Waals surface area (Å²) < 4.78 is 4.66. The molecule has 11 heavy (non-hydrogen) atoms. The summed E-state index contributed by atoms with van der Waals surface area (Å²) in [5.74, 6) is -0.240. The summed E-state index contributed by atoms with van der Waals surface area (Å²) in [5, 5.41) is 0. The van der Waals surface area contributed by atoms with Crippen LogP contribution in [0.4, 0.5) is 0 Å². The van der Waals surface area contributed by atoms with E-state index < -0.39 is 0 Å². The largest absolute Gasteiger partial charge is 0.463 e. The van der Waals surface area contributed by atoms with Crippen LogP contribution in [-0.2, 0) is 26.6 Å². The predicted molar refractivity (Wildman–Crippen MR) is 40.7 cm³/mol. The Balaban J connectivity index is 0. The second-order valence-electron chi connectivity index (χ2n) is 1.94. The molecule has 0 aromatic carbocycles. The molecule has 0 bridgehead atoms. The Labute approximate surface area is 78.5 Å². The van der Waals surface area contributed by atoms with Crippen molar-refractivity contribution in [2.45, 2.75) is 26.7 Å². The van der Waals surface area contributed by atoms with Crippen LogP contribution in [0.15, 0.2) is 12.2 Å². The molecule has 0 spiro atoms. The van der Waals surface area contributed by atoms with Crippen LogP contribution in [0, 0.1) is 0 Å². The molecule has 66 valence electrons. The maximum absolute atomic E-state index is 10.6. The van der Waals surface area contributed by atoms with Crippen molar-refractivity contribution < 1.29 is 26.6 Å². The fourth-order valence-corrected chi connectivity index (χ4v) is 0.537. The third-order valence-corrected chi connectivity index (χ3v) is 0.996. The fourth-order valence-electron chi connectivity index (χ4n) is 0.537. The van der Waals surface area contributed by atoms with Crippen molar-refractivity contribution in [3.8, 4) is 0 Å². The molecule has 0 heterocycles. The molecule has 0 fully saturated rings. The van der Waals surface area contributed by atoms with E-state index in [2.05, 4.69) is 11.7 Å². The van der Waals surface area contributed by atoms with Gasteiger partial charge < -0.3 is 4.74 Å². The first kappa shape index (κ1) is 13.3. The van der Waals surface area contributed by atoms with Gasteiger partial charge in [-0.2, -0.15) is 0 Å².